The molecular formula is C23H30N4O. The van der Waals surface area contributed by atoms with Gasteiger partial charge in [0.25, 0.3) is 5.91 Å². The lowest BCUT2D eigenvalue weighted by Crippen LogP contribution is -2.33. The van der Waals surface area contributed by atoms with Crippen LogP contribution < -0.4 is 0 Å². The molecule has 1 amide bonds. The van der Waals surface area contributed by atoms with Crippen molar-refractivity contribution in [2.75, 3.05) is 7.05 Å². The van der Waals surface area contributed by atoms with E-state index in [1.807, 2.05) is 64.0 Å². The Labute approximate surface area is 167 Å². The van der Waals surface area contributed by atoms with Crippen LogP contribution in [0.5, 0.6) is 0 Å². The molecule has 0 fully saturated rings. The zero-order valence-corrected chi connectivity index (χ0v) is 18.2. The van der Waals surface area contributed by atoms with E-state index >= 15 is 0 Å². The standard InChI is InChI=1S/C23H30N4O/c1-14(2)26(8)22(28)20-16(4)21(17-12-24-27(13-17)23(5,6)7)25-19-10-9-15(3)11-18(19)20/h9-14H,1-8H3. The quantitative estimate of drug-likeness (QED) is 0.648. The van der Waals surface area contributed by atoms with E-state index in [9.17, 15) is 4.79 Å². The number of carbonyl (C=O) groups excluding carboxylic acids is 1. The Balaban J connectivity index is 2.29. The van der Waals surface area contributed by atoms with Crippen LogP contribution in [0.25, 0.3) is 22.2 Å². The highest BCUT2D eigenvalue weighted by molar-refractivity contribution is 6.09. The molecule has 5 heteroatoms. The lowest BCUT2D eigenvalue weighted by atomic mass is 9.96. The second kappa shape index (κ2) is 7.04. The molecule has 28 heavy (non-hydrogen) atoms. The van der Waals surface area contributed by atoms with Gasteiger partial charge in [-0.05, 0) is 66.2 Å². The summed E-state index contributed by atoms with van der Waals surface area (Å²) in [5.74, 6) is 0.0231. The number of hydrogen-bond acceptors (Lipinski definition) is 3. The number of pyridine rings is 1. The molecule has 0 aliphatic rings. The minimum atomic E-state index is -0.114. The molecule has 0 atom stereocenters. The van der Waals surface area contributed by atoms with E-state index in [0.29, 0.717) is 0 Å². The fourth-order valence-corrected chi connectivity index (χ4v) is 3.25. The first-order chi connectivity index (χ1) is 13.0. The number of nitrogens with zero attached hydrogens (tertiary/aromatic N) is 4. The van der Waals surface area contributed by atoms with Crippen LogP contribution in [0.1, 0.15) is 56.1 Å². The number of amides is 1. The van der Waals surface area contributed by atoms with Crippen LogP contribution >= 0.6 is 0 Å². The topological polar surface area (TPSA) is 51.0 Å². The van der Waals surface area contributed by atoms with Crippen molar-refractivity contribution in [2.24, 2.45) is 0 Å². The third kappa shape index (κ3) is 3.53. The van der Waals surface area contributed by atoms with Crippen molar-refractivity contribution in [1.29, 1.82) is 0 Å². The van der Waals surface area contributed by atoms with Gasteiger partial charge in [0.05, 0.1) is 28.5 Å². The summed E-state index contributed by atoms with van der Waals surface area (Å²) in [6, 6.07) is 6.20. The molecule has 0 aliphatic carbocycles. The number of benzene rings is 1. The second-order valence-corrected chi connectivity index (χ2v) is 8.84. The predicted molar refractivity (Wildman–Crippen MR) is 115 cm³/mol. The number of aromatic nitrogens is 3. The molecule has 0 spiro atoms. The van der Waals surface area contributed by atoms with E-state index in [1.165, 1.54) is 0 Å². The zero-order chi connectivity index (χ0) is 20.8. The van der Waals surface area contributed by atoms with Gasteiger partial charge in [-0.1, -0.05) is 11.6 Å². The Hall–Kier alpha value is -2.69. The number of aryl methyl sites for hydroxylation is 1. The molecule has 0 N–H and O–H groups in total. The summed E-state index contributed by atoms with van der Waals surface area (Å²) >= 11 is 0. The van der Waals surface area contributed by atoms with Crippen molar-refractivity contribution in [3.8, 4) is 11.3 Å². The van der Waals surface area contributed by atoms with E-state index in [-0.39, 0.29) is 17.5 Å². The lowest BCUT2D eigenvalue weighted by Gasteiger charge is -2.24. The molecule has 0 bridgehead atoms. The van der Waals surface area contributed by atoms with E-state index in [2.05, 4.69) is 31.9 Å². The number of fused-ring (bicyclic) bond motifs is 1. The largest absolute Gasteiger partial charge is 0.339 e. The Morgan fingerprint density at radius 1 is 1.18 bits per heavy atom. The number of carbonyl (C=O) groups is 1. The van der Waals surface area contributed by atoms with Crippen LogP contribution in [0.4, 0.5) is 0 Å². The molecule has 2 heterocycles. The first kappa shape index (κ1) is 20.1. The van der Waals surface area contributed by atoms with Gasteiger partial charge in [0.2, 0.25) is 0 Å². The molecule has 5 nitrogen and oxygen atoms in total. The van der Waals surface area contributed by atoms with Crippen molar-refractivity contribution in [3.63, 3.8) is 0 Å². The summed E-state index contributed by atoms with van der Waals surface area (Å²) in [5.41, 5.74) is 5.19. The van der Waals surface area contributed by atoms with Crippen LogP contribution in [0.2, 0.25) is 0 Å². The molecule has 148 valence electrons. The Bertz CT molecular complexity index is 1040. The fourth-order valence-electron chi connectivity index (χ4n) is 3.25. The maximum atomic E-state index is 13.4. The summed E-state index contributed by atoms with van der Waals surface area (Å²) in [4.78, 5) is 20.0. The first-order valence-electron chi connectivity index (χ1n) is 9.74. The van der Waals surface area contributed by atoms with Crippen LogP contribution in [-0.4, -0.2) is 38.7 Å². The Morgan fingerprint density at radius 3 is 2.43 bits per heavy atom. The molecule has 2 aromatic heterocycles. The van der Waals surface area contributed by atoms with Crippen molar-refractivity contribution in [1.82, 2.24) is 19.7 Å². The van der Waals surface area contributed by atoms with Crippen LogP contribution in [0, 0.1) is 13.8 Å². The molecular weight excluding hydrogens is 348 g/mol. The highest BCUT2D eigenvalue weighted by Gasteiger charge is 2.24. The molecule has 0 aliphatic heterocycles. The van der Waals surface area contributed by atoms with E-state index in [0.717, 1.165) is 38.9 Å². The molecule has 0 radical (unpaired) electrons. The van der Waals surface area contributed by atoms with Crippen molar-refractivity contribution in [2.45, 2.75) is 60.0 Å². The maximum Gasteiger partial charge on any atom is 0.254 e. The van der Waals surface area contributed by atoms with E-state index < -0.39 is 0 Å². The molecule has 3 rings (SSSR count). The monoisotopic (exact) mass is 378 g/mol. The normalized spacial score (nSPS) is 12.0. The fraction of sp³-hybridized carbons (Fsp3) is 0.435. The maximum absolute atomic E-state index is 13.4. The van der Waals surface area contributed by atoms with Crippen molar-refractivity contribution in [3.05, 3.63) is 47.3 Å². The van der Waals surface area contributed by atoms with Gasteiger partial charge >= 0.3 is 0 Å². The SMILES string of the molecule is Cc1ccc2nc(-c3cnn(C(C)(C)C)c3)c(C)c(C(=O)N(C)C(C)C)c2c1. The van der Waals surface area contributed by atoms with Crippen LogP contribution in [0.3, 0.4) is 0 Å². The predicted octanol–water partition coefficient (Wildman–Crippen LogP) is 4.95. The Kier molecular flexibility index (Phi) is 5.04. The minimum absolute atomic E-state index is 0.0231. The smallest absolute Gasteiger partial charge is 0.254 e. The third-order valence-electron chi connectivity index (χ3n) is 5.24. The third-order valence-corrected chi connectivity index (χ3v) is 5.24. The lowest BCUT2D eigenvalue weighted by molar-refractivity contribution is 0.0756. The summed E-state index contributed by atoms with van der Waals surface area (Å²) in [6.45, 7) is 14.4. The van der Waals surface area contributed by atoms with Gasteiger partial charge in [0.15, 0.2) is 0 Å². The summed E-state index contributed by atoms with van der Waals surface area (Å²) in [6.07, 6.45) is 3.84. The van der Waals surface area contributed by atoms with Gasteiger partial charge in [0.1, 0.15) is 0 Å². The summed E-state index contributed by atoms with van der Waals surface area (Å²) in [7, 11) is 1.85. The second-order valence-electron chi connectivity index (χ2n) is 8.84. The van der Waals surface area contributed by atoms with Gasteiger partial charge in [0, 0.05) is 30.2 Å². The van der Waals surface area contributed by atoms with Gasteiger partial charge in [-0.2, -0.15) is 5.10 Å². The average molecular weight is 379 g/mol. The average Bonchev–Trinajstić information content (AvgIpc) is 3.10. The highest BCUT2D eigenvalue weighted by Crippen LogP contribution is 2.31. The van der Waals surface area contributed by atoms with Gasteiger partial charge in [-0.15, -0.1) is 0 Å². The first-order valence-corrected chi connectivity index (χ1v) is 9.74. The molecule has 0 saturated carbocycles. The van der Waals surface area contributed by atoms with E-state index in [1.54, 1.807) is 4.90 Å². The Morgan fingerprint density at radius 2 is 1.86 bits per heavy atom. The molecule has 1 aromatic carbocycles. The van der Waals surface area contributed by atoms with Crippen LogP contribution in [0.15, 0.2) is 30.6 Å². The van der Waals surface area contributed by atoms with Gasteiger partial charge < -0.3 is 4.90 Å². The summed E-state index contributed by atoms with van der Waals surface area (Å²) < 4.78 is 1.94. The van der Waals surface area contributed by atoms with Crippen molar-refractivity contribution < 1.29 is 4.79 Å². The van der Waals surface area contributed by atoms with Crippen LogP contribution in [-0.2, 0) is 5.54 Å². The highest BCUT2D eigenvalue weighted by atomic mass is 16.2. The van der Waals surface area contributed by atoms with E-state index in [4.69, 9.17) is 4.98 Å². The summed E-state index contributed by atoms with van der Waals surface area (Å²) in [5, 5.41) is 5.42. The van der Waals surface area contributed by atoms with Gasteiger partial charge in [-0.3, -0.25) is 9.48 Å². The zero-order valence-electron chi connectivity index (χ0n) is 18.2. The van der Waals surface area contributed by atoms with Gasteiger partial charge in [-0.25, -0.2) is 4.98 Å². The minimum Gasteiger partial charge on any atom is -0.339 e. The number of rotatable bonds is 3. The molecule has 0 unspecified atom stereocenters. The molecule has 3 aromatic rings. The number of hydrogen-bond donors (Lipinski definition) is 0. The molecule has 0 saturated heterocycles. The van der Waals surface area contributed by atoms with Crippen molar-refractivity contribution >= 4 is 16.8 Å².